The van der Waals surface area contributed by atoms with Crippen LogP contribution in [-0.4, -0.2) is 79.8 Å². The van der Waals surface area contributed by atoms with Gasteiger partial charge in [-0.25, -0.2) is 19.9 Å². The van der Waals surface area contributed by atoms with Crippen LogP contribution in [0, 0.1) is 0 Å². The smallest absolute Gasteiger partial charge is 0.870 e. The van der Waals surface area contributed by atoms with E-state index in [0.29, 0.717) is 22.5 Å². The van der Waals surface area contributed by atoms with Crippen molar-refractivity contribution in [2.75, 3.05) is 0 Å². The summed E-state index contributed by atoms with van der Waals surface area (Å²) in [6.45, 7) is 0.500. The molecular formula is C17H17BrCaCl4N4O4. The number of aliphatic hydroxyl groups excluding tert-OH is 2. The molecule has 4 rings (SSSR count). The number of alkyl halides is 1. The fourth-order valence-electron chi connectivity index (χ4n) is 3.09. The van der Waals surface area contributed by atoms with Crippen LogP contribution in [-0.2, 0) is 17.6 Å². The number of hydrogen-bond acceptors (Lipinski definition) is 7. The Morgan fingerprint density at radius 3 is 1.81 bits per heavy atom. The van der Waals surface area contributed by atoms with Crippen LogP contribution in [0.4, 0.5) is 0 Å². The van der Waals surface area contributed by atoms with Gasteiger partial charge in [0.2, 0.25) is 10.6 Å². The predicted octanol–water partition coefficient (Wildman–Crippen LogP) is 4.76. The van der Waals surface area contributed by atoms with Crippen LogP contribution in [0.2, 0.25) is 20.9 Å². The fraction of sp³-hybridized carbons (Fsp3) is 0.471. The Kier molecular flexibility index (Phi) is 15.6. The van der Waals surface area contributed by atoms with Gasteiger partial charge in [0, 0.05) is 11.1 Å². The summed E-state index contributed by atoms with van der Waals surface area (Å²) in [6, 6.07) is 0. The number of halogens is 5. The molecule has 2 heterocycles. The average Bonchev–Trinajstić information content (AvgIpc) is 2.65. The molecule has 166 valence electrons. The van der Waals surface area contributed by atoms with Crippen LogP contribution in [0.15, 0.2) is 0 Å². The van der Waals surface area contributed by atoms with Crippen LogP contribution in [0.3, 0.4) is 0 Å². The third-order valence-corrected chi connectivity index (χ3v) is 6.18. The summed E-state index contributed by atoms with van der Waals surface area (Å²) in [7, 11) is 0. The normalized spacial score (nSPS) is 18.3. The molecule has 2 aliphatic carbocycles. The van der Waals surface area contributed by atoms with Gasteiger partial charge in [-0.05, 0) is 61.7 Å². The van der Waals surface area contributed by atoms with E-state index in [9.17, 15) is 5.11 Å². The van der Waals surface area contributed by atoms with E-state index in [0.717, 1.165) is 55.3 Å². The second-order valence-electron chi connectivity index (χ2n) is 6.15. The minimum Gasteiger partial charge on any atom is -0.870 e. The molecule has 0 saturated carbocycles. The summed E-state index contributed by atoms with van der Waals surface area (Å²) in [5, 5.41) is 17.6. The molecule has 0 bridgehead atoms. The maximum absolute atomic E-state index is 9.60. The second-order valence-corrected chi connectivity index (χ2v) is 8.65. The van der Waals surface area contributed by atoms with Gasteiger partial charge in [-0.15, -0.1) is 0 Å². The molecular weight excluding hydrogens is 586 g/mol. The molecule has 0 aromatic carbocycles. The van der Waals surface area contributed by atoms with Crippen molar-refractivity contribution in [2.24, 2.45) is 0 Å². The molecule has 0 saturated heterocycles. The Morgan fingerprint density at radius 1 is 0.871 bits per heavy atom. The summed E-state index contributed by atoms with van der Waals surface area (Å²) in [4.78, 5) is 24.4. The van der Waals surface area contributed by atoms with Crippen LogP contribution < -0.4 is 0 Å². The molecule has 0 fully saturated rings. The van der Waals surface area contributed by atoms with E-state index in [1.54, 1.807) is 0 Å². The van der Waals surface area contributed by atoms with E-state index in [1.165, 1.54) is 0 Å². The van der Waals surface area contributed by atoms with Crippen molar-refractivity contribution in [3.63, 3.8) is 0 Å². The first-order valence-electron chi connectivity index (χ1n) is 8.55. The Hall–Kier alpha value is 0.450. The Morgan fingerprint density at radius 2 is 1.29 bits per heavy atom. The molecule has 8 nitrogen and oxygen atoms in total. The van der Waals surface area contributed by atoms with Crippen molar-refractivity contribution in [1.82, 2.24) is 19.9 Å². The van der Waals surface area contributed by atoms with Crippen molar-refractivity contribution in [2.45, 2.75) is 49.5 Å². The monoisotopic (exact) mass is 600 g/mol. The molecule has 2 aromatic heterocycles. The summed E-state index contributed by atoms with van der Waals surface area (Å²) in [5.74, 6) is 0. The molecule has 2 aliphatic rings. The van der Waals surface area contributed by atoms with Crippen molar-refractivity contribution in [3.05, 3.63) is 43.4 Å². The first-order valence-corrected chi connectivity index (χ1v) is 11.0. The second kappa shape index (κ2) is 15.4. The van der Waals surface area contributed by atoms with E-state index in [-0.39, 0.29) is 58.6 Å². The van der Waals surface area contributed by atoms with E-state index >= 15 is 0 Å². The van der Waals surface area contributed by atoms with Gasteiger partial charge in [-0.3, -0.25) is 0 Å². The zero-order valence-electron chi connectivity index (χ0n) is 16.0. The van der Waals surface area contributed by atoms with E-state index < -0.39 is 6.10 Å². The van der Waals surface area contributed by atoms with E-state index in [1.807, 2.05) is 0 Å². The van der Waals surface area contributed by atoms with E-state index in [4.69, 9.17) is 56.3 Å². The van der Waals surface area contributed by atoms with Gasteiger partial charge in [0.25, 0.3) is 0 Å². The van der Waals surface area contributed by atoms with Crippen LogP contribution in [0.1, 0.15) is 59.1 Å². The molecule has 2 atom stereocenters. The van der Waals surface area contributed by atoms with Crippen molar-refractivity contribution < 1.29 is 20.5 Å². The maximum atomic E-state index is 9.60. The van der Waals surface area contributed by atoms with Crippen LogP contribution in [0.25, 0.3) is 0 Å². The summed E-state index contributed by atoms with van der Waals surface area (Å²) >= 11 is 26.7. The van der Waals surface area contributed by atoms with Crippen molar-refractivity contribution >= 4 is 107 Å². The van der Waals surface area contributed by atoms with Gasteiger partial charge in [-0.2, -0.15) is 0 Å². The standard InChI is InChI=1S/C8H7BrCl2N2.C8H8Cl2N2O.CHO2.Ca.H2O/c9-5-3-1-2-4-6(5)12-8(11)13-7(4)10;9-7-4-2-1-3-5(13)6(4)11-8(10)12-7;2-1-3;;/h5H,1-3H2;5,13H,1-3H2;(H,2,3);;1H2/q;;-1;+2;/p-1. The number of hydrogen-bond donors (Lipinski definition) is 2. The number of fused-ring (bicyclic) bond motifs is 2. The molecule has 2 aromatic rings. The predicted molar refractivity (Wildman–Crippen MR) is 123 cm³/mol. The molecule has 0 amide bonds. The summed E-state index contributed by atoms with van der Waals surface area (Å²) < 4.78 is 0. The van der Waals surface area contributed by atoms with Gasteiger partial charge in [0.15, 0.2) is 0 Å². The Balaban J connectivity index is 0.000000488. The van der Waals surface area contributed by atoms with Crippen LogP contribution >= 0.6 is 62.3 Å². The molecule has 31 heavy (non-hydrogen) atoms. The van der Waals surface area contributed by atoms with Gasteiger partial charge < -0.3 is 20.5 Å². The average molecular weight is 603 g/mol. The molecule has 0 aliphatic heterocycles. The minimum absolute atomic E-state index is 0. The van der Waals surface area contributed by atoms with Gasteiger partial charge in [-0.1, -0.05) is 45.6 Å². The molecule has 3 N–H and O–H groups in total. The van der Waals surface area contributed by atoms with Crippen molar-refractivity contribution in [1.29, 1.82) is 0 Å². The van der Waals surface area contributed by atoms with E-state index in [2.05, 4.69) is 35.9 Å². The number of rotatable bonds is 0. The quantitative estimate of drug-likeness (QED) is 0.145. The zero-order chi connectivity index (χ0) is 21.6. The van der Waals surface area contributed by atoms with Gasteiger partial charge in [0.1, 0.15) is 10.3 Å². The first-order chi connectivity index (χ1) is 13.8. The van der Waals surface area contributed by atoms with Crippen molar-refractivity contribution in [3.8, 4) is 0 Å². The topological polar surface area (TPSA) is 139 Å². The SMILES string of the molecule is Clc1nc(Cl)c2c(n1)C(Br)CCC2.O=[C-]O.OC1CCCc2c(Cl)nc(Cl)nc21.[Ca+2].[OH-]. The fourth-order valence-corrected chi connectivity index (χ4v) is 4.78. The maximum Gasteiger partial charge on any atom is 2.00 e. The van der Waals surface area contributed by atoms with Crippen LogP contribution in [0.5, 0.6) is 0 Å². The molecule has 2 unspecified atom stereocenters. The summed E-state index contributed by atoms with van der Waals surface area (Å²) in [6.07, 6.45) is 5.07. The molecule has 0 radical (unpaired) electrons. The zero-order valence-corrected chi connectivity index (χ0v) is 22.9. The third-order valence-electron chi connectivity index (χ3n) is 4.32. The minimum atomic E-state index is -0.540. The largest absolute Gasteiger partial charge is 2.00 e. The molecule has 14 heteroatoms. The van der Waals surface area contributed by atoms with Gasteiger partial charge >= 0.3 is 37.7 Å². The first kappa shape index (κ1) is 31.4. The number of aromatic nitrogens is 4. The Bertz CT molecular complexity index is 817. The number of aliphatic hydroxyl groups is 1. The number of nitrogens with zero attached hydrogens (tertiary/aromatic N) is 4. The van der Waals surface area contributed by atoms with Gasteiger partial charge in [0.05, 0.1) is 22.3 Å². The molecule has 0 spiro atoms. The third kappa shape index (κ3) is 8.96. The Labute approximate surface area is 237 Å². The summed E-state index contributed by atoms with van der Waals surface area (Å²) in [5.41, 5.74) is 3.43.